The van der Waals surface area contributed by atoms with Crippen molar-refractivity contribution in [2.75, 3.05) is 6.61 Å². The Kier molecular flexibility index (Phi) is 7.41. The van der Waals surface area contributed by atoms with Crippen LogP contribution in [0.1, 0.15) is 19.4 Å². The number of rotatable bonds is 7. The van der Waals surface area contributed by atoms with E-state index in [-0.39, 0.29) is 23.1 Å². The van der Waals surface area contributed by atoms with Crippen LogP contribution in [-0.2, 0) is 6.18 Å². The number of aliphatic hydroxyl groups is 1. The third-order valence-corrected chi connectivity index (χ3v) is 5.20. The quantitative estimate of drug-likeness (QED) is 0.418. The lowest BCUT2D eigenvalue weighted by Gasteiger charge is -2.20. The topological polar surface area (TPSA) is 73.6 Å². The van der Waals surface area contributed by atoms with Crippen LogP contribution in [0.4, 0.5) is 26.3 Å². The van der Waals surface area contributed by atoms with E-state index < -0.39 is 35.0 Å². The fraction of sp³-hybridized carbons (Fsp3) is 0.273. The molecule has 0 spiro atoms. The maximum absolute atomic E-state index is 12.9. The smallest absolute Gasteiger partial charge is 0.487 e. The normalized spacial score (nSPS) is 12.5. The molecular formula is C22H18F6N2O4S. The Balaban J connectivity index is 1.94. The van der Waals surface area contributed by atoms with Gasteiger partial charge in [-0.05, 0) is 50.2 Å². The van der Waals surface area contributed by atoms with Crippen LogP contribution < -0.4 is 15.0 Å². The molecule has 0 radical (unpaired) electrons. The Morgan fingerprint density at radius 1 is 1.00 bits per heavy atom. The van der Waals surface area contributed by atoms with Gasteiger partial charge in [0.25, 0.3) is 5.56 Å². The van der Waals surface area contributed by atoms with Crippen molar-refractivity contribution in [1.29, 1.82) is 0 Å². The van der Waals surface area contributed by atoms with Crippen LogP contribution in [-0.4, -0.2) is 33.2 Å². The average molecular weight is 520 g/mol. The van der Waals surface area contributed by atoms with E-state index in [4.69, 9.17) is 4.74 Å². The molecule has 0 aliphatic carbocycles. The molecule has 2 aromatic carbocycles. The van der Waals surface area contributed by atoms with E-state index in [1.807, 2.05) is 0 Å². The molecule has 13 heteroatoms. The van der Waals surface area contributed by atoms with E-state index in [1.54, 1.807) is 0 Å². The molecular weight excluding hydrogens is 502 g/mol. The molecule has 0 amide bonds. The van der Waals surface area contributed by atoms with E-state index in [2.05, 4.69) is 9.72 Å². The highest BCUT2D eigenvalue weighted by Gasteiger charge is 2.33. The molecule has 3 rings (SSSR count). The third kappa shape index (κ3) is 7.39. The fourth-order valence-electron chi connectivity index (χ4n) is 2.72. The Hall–Kier alpha value is -3.19. The molecule has 188 valence electrons. The van der Waals surface area contributed by atoms with Crippen LogP contribution in [0.2, 0.25) is 0 Å². The number of hydrogen-bond donors (Lipinski definition) is 1. The zero-order chi connectivity index (χ0) is 26.0. The van der Waals surface area contributed by atoms with Crippen LogP contribution >= 0.6 is 11.8 Å². The molecule has 0 atom stereocenters. The van der Waals surface area contributed by atoms with Gasteiger partial charge in [-0.15, -0.1) is 13.2 Å². The van der Waals surface area contributed by atoms with E-state index in [9.17, 15) is 36.2 Å². The minimum atomic E-state index is -5.06. The lowest BCUT2D eigenvalue weighted by molar-refractivity contribution is -0.275. The first-order chi connectivity index (χ1) is 16.1. The Labute approximate surface area is 199 Å². The van der Waals surface area contributed by atoms with Gasteiger partial charge in [0, 0.05) is 23.4 Å². The van der Waals surface area contributed by atoms with Crippen molar-refractivity contribution in [3.63, 3.8) is 0 Å². The second-order valence-electron chi connectivity index (χ2n) is 7.81. The molecule has 3 aromatic rings. The second kappa shape index (κ2) is 9.82. The number of halogens is 6. The van der Waals surface area contributed by atoms with Gasteiger partial charge in [-0.3, -0.25) is 9.36 Å². The van der Waals surface area contributed by atoms with Crippen LogP contribution in [0.3, 0.4) is 0 Å². The van der Waals surface area contributed by atoms with Gasteiger partial charge in [-0.25, -0.2) is 4.98 Å². The number of nitrogens with zero attached hydrogens (tertiary/aromatic N) is 2. The Morgan fingerprint density at radius 2 is 1.66 bits per heavy atom. The third-order valence-electron chi connectivity index (χ3n) is 4.22. The molecule has 0 aliphatic rings. The van der Waals surface area contributed by atoms with Gasteiger partial charge < -0.3 is 14.6 Å². The first-order valence-electron chi connectivity index (χ1n) is 9.80. The predicted octanol–water partition coefficient (Wildman–Crippen LogP) is 5.45. The van der Waals surface area contributed by atoms with Gasteiger partial charge >= 0.3 is 12.5 Å². The summed E-state index contributed by atoms with van der Waals surface area (Å²) in [6.07, 6.45) is -7.14. The van der Waals surface area contributed by atoms with Crippen molar-refractivity contribution in [3.8, 4) is 17.2 Å². The highest BCUT2D eigenvalue weighted by molar-refractivity contribution is 7.99. The van der Waals surface area contributed by atoms with E-state index in [0.717, 1.165) is 40.6 Å². The SMILES string of the molecule is CC(C)(O)COc1ccc(-n2ccnc(Sc3ccc(C(F)(F)F)cc3)c2=O)cc1OC(F)(F)F. The van der Waals surface area contributed by atoms with E-state index in [1.165, 1.54) is 44.4 Å². The predicted molar refractivity (Wildman–Crippen MR) is 114 cm³/mol. The monoisotopic (exact) mass is 520 g/mol. The van der Waals surface area contributed by atoms with Crippen molar-refractivity contribution >= 4 is 11.8 Å². The summed E-state index contributed by atoms with van der Waals surface area (Å²) in [5.41, 5.74) is -2.92. The number of alkyl halides is 6. The van der Waals surface area contributed by atoms with Gasteiger partial charge in [-0.1, -0.05) is 11.8 Å². The Morgan fingerprint density at radius 3 is 2.23 bits per heavy atom. The summed E-state index contributed by atoms with van der Waals surface area (Å²) >= 11 is 0.795. The zero-order valence-electron chi connectivity index (χ0n) is 18.1. The minimum Gasteiger partial charge on any atom is -0.487 e. The maximum atomic E-state index is 12.9. The number of hydrogen-bond acceptors (Lipinski definition) is 6. The van der Waals surface area contributed by atoms with Crippen LogP contribution in [0.15, 0.2) is 69.6 Å². The molecule has 35 heavy (non-hydrogen) atoms. The van der Waals surface area contributed by atoms with Crippen molar-refractivity contribution in [2.24, 2.45) is 0 Å². The van der Waals surface area contributed by atoms with Crippen molar-refractivity contribution in [2.45, 2.75) is 41.9 Å². The highest BCUT2D eigenvalue weighted by Crippen LogP contribution is 2.35. The summed E-state index contributed by atoms with van der Waals surface area (Å²) in [6.45, 7) is 2.47. The summed E-state index contributed by atoms with van der Waals surface area (Å²) in [7, 11) is 0. The lowest BCUT2D eigenvalue weighted by Crippen LogP contribution is -2.28. The molecule has 1 aromatic heterocycles. The summed E-state index contributed by atoms with van der Waals surface area (Å²) < 4.78 is 87.3. The van der Waals surface area contributed by atoms with Gasteiger partial charge in [0.2, 0.25) is 0 Å². The van der Waals surface area contributed by atoms with Crippen LogP contribution in [0.5, 0.6) is 11.5 Å². The number of benzene rings is 2. The first-order valence-corrected chi connectivity index (χ1v) is 10.6. The van der Waals surface area contributed by atoms with Crippen molar-refractivity contribution < 1.29 is 40.9 Å². The molecule has 6 nitrogen and oxygen atoms in total. The maximum Gasteiger partial charge on any atom is 0.573 e. The average Bonchev–Trinajstić information content (AvgIpc) is 2.72. The fourth-order valence-corrected chi connectivity index (χ4v) is 3.51. The van der Waals surface area contributed by atoms with E-state index in [0.29, 0.717) is 4.90 Å². The van der Waals surface area contributed by atoms with Crippen LogP contribution in [0, 0.1) is 0 Å². The van der Waals surface area contributed by atoms with E-state index >= 15 is 0 Å². The van der Waals surface area contributed by atoms with Gasteiger partial charge in [0.15, 0.2) is 16.5 Å². The molecule has 1 N–H and O–H groups in total. The number of ether oxygens (including phenoxy) is 2. The molecule has 0 aliphatic heterocycles. The zero-order valence-corrected chi connectivity index (χ0v) is 19.0. The van der Waals surface area contributed by atoms with Crippen molar-refractivity contribution in [1.82, 2.24) is 9.55 Å². The lowest BCUT2D eigenvalue weighted by atomic mass is 10.2. The standard InChI is InChI=1S/C22H18F6N2O4S/c1-20(2,32)12-33-16-8-5-14(11-17(16)34-22(26,27)28)30-10-9-29-18(19(30)31)35-15-6-3-13(4-7-15)21(23,24)25/h3-11,32H,12H2,1-2H3. The summed E-state index contributed by atoms with van der Waals surface area (Å²) in [5.74, 6) is -1.05. The minimum absolute atomic E-state index is 0.0125. The summed E-state index contributed by atoms with van der Waals surface area (Å²) in [6, 6.07) is 7.45. The molecule has 0 saturated carbocycles. The summed E-state index contributed by atoms with van der Waals surface area (Å²) in [4.78, 5) is 17.1. The number of aromatic nitrogens is 2. The second-order valence-corrected chi connectivity index (χ2v) is 8.87. The molecule has 0 bridgehead atoms. The molecule has 0 unspecified atom stereocenters. The molecule has 0 saturated heterocycles. The Bertz CT molecular complexity index is 1230. The summed E-state index contributed by atoms with van der Waals surface area (Å²) in [5, 5.41) is 9.66. The van der Waals surface area contributed by atoms with Gasteiger partial charge in [0.05, 0.1) is 16.9 Å². The molecule has 0 fully saturated rings. The van der Waals surface area contributed by atoms with Crippen LogP contribution in [0.25, 0.3) is 5.69 Å². The van der Waals surface area contributed by atoms with Gasteiger partial charge in [-0.2, -0.15) is 13.2 Å². The van der Waals surface area contributed by atoms with Crippen molar-refractivity contribution in [3.05, 3.63) is 70.8 Å². The first kappa shape index (κ1) is 26.4. The van der Waals surface area contributed by atoms with Gasteiger partial charge in [0.1, 0.15) is 6.61 Å². The highest BCUT2D eigenvalue weighted by atomic mass is 32.2. The molecule has 1 heterocycles. The largest absolute Gasteiger partial charge is 0.573 e.